The Balaban J connectivity index is 4.41. The van der Waals surface area contributed by atoms with E-state index in [-0.39, 0.29) is 12.8 Å². The fourth-order valence-electron chi connectivity index (χ4n) is 6.64. The summed E-state index contributed by atoms with van der Waals surface area (Å²) in [6, 6.07) is 0. The lowest BCUT2D eigenvalue weighted by Crippen LogP contribution is -2.55. The summed E-state index contributed by atoms with van der Waals surface area (Å²) >= 11 is 0. The van der Waals surface area contributed by atoms with Gasteiger partial charge in [-0.25, -0.2) is 0 Å². The van der Waals surface area contributed by atoms with E-state index in [9.17, 15) is 32.8 Å². The molecule has 0 fully saturated rings. The highest BCUT2D eigenvalue weighted by molar-refractivity contribution is 7.88. The monoisotopic (exact) mass is 699 g/mol. The zero-order valence-corrected chi connectivity index (χ0v) is 31.8. The summed E-state index contributed by atoms with van der Waals surface area (Å²) in [5, 5.41) is 20.0. The zero-order chi connectivity index (χ0) is 35.8. The first-order chi connectivity index (χ1) is 23.1. The molecule has 2 unspecified atom stereocenters. The Morgan fingerprint density at radius 3 is 1.15 bits per heavy atom. The minimum Gasteiger partial charge on any atom is -0.481 e. The molecule has 0 aromatic heterocycles. The van der Waals surface area contributed by atoms with Crippen molar-refractivity contribution < 1.29 is 32.8 Å². The molecule has 0 amide bonds. The number of hydrogen-bond acceptors (Lipinski definition) is 4. The summed E-state index contributed by atoms with van der Waals surface area (Å²) in [5.74, 6) is -4.94. The van der Waals surface area contributed by atoms with Gasteiger partial charge < -0.3 is 10.2 Å². The molecule has 0 saturated carbocycles. The fraction of sp³-hybridized carbons (Fsp3) is 0.850. The molecular weight excluding hydrogens is 625 g/mol. The van der Waals surface area contributed by atoms with E-state index in [4.69, 9.17) is 0 Å². The summed E-state index contributed by atoms with van der Waals surface area (Å²) in [4.78, 5) is 24.6. The van der Waals surface area contributed by atoms with Crippen LogP contribution in [0.15, 0.2) is 24.3 Å². The molecule has 7 nitrogen and oxygen atoms in total. The lowest BCUT2D eigenvalue weighted by molar-refractivity contribution is -0.152. The first kappa shape index (κ1) is 46.3. The second-order valence-electron chi connectivity index (χ2n) is 14.0. The summed E-state index contributed by atoms with van der Waals surface area (Å²) < 4.78 is 32.4. The lowest BCUT2D eigenvalue weighted by atomic mass is 9.82. The van der Waals surface area contributed by atoms with Crippen LogP contribution in [0.25, 0.3) is 0 Å². The number of hydrogen-bond donors (Lipinski definition) is 3. The molecule has 0 rings (SSSR count). The smallest absolute Gasteiger partial charge is 0.328 e. The minimum absolute atomic E-state index is 0.0883. The highest BCUT2D eigenvalue weighted by Gasteiger charge is 2.58. The van der Waals surface area contributed by atoms with Crippen LogP contribution in [0.5, 0.6) is 0 Å². The van der Waals surface area contributed by atoms with E-state index in [1.54, 1.807) is 0 Å². The van der Waals surface area contributed by atoms with E-state index in [1.807, 2.05) is 0 Å². The molecule has 0 heterocycles. The highest BCUT2D eigenvalue weighted by atomic mass is 32.2. The first-order valence-corrected chi connectivity index (χ1v) is 21.3. The minimum atomic E-state index is -5.16. The van der Waals surface area contributed by atoms with Crippen molar-refractivity contribution in [3.05, 3.63) is 24.3 Å². The molecule has 282 valence electrons. The average molecular weight is 699 g/mol. The molecule has 0 aromatic carbocycles. The van der Waals surface area contributed by atoms with Crippen molar-refractivity contribution in [2.24, 2.45) is 5.92 Å². The van der Waals surface area contributed by atoms with Crippen LogP contribution in [0.1, 0.15) is 206 Å². The Morgan fingerprint density at radius 2 is 0.833 bits per heavy atom. The van der Waals surface area contributed by atoms with Crippen LogP contribution in [0.3, 0.4) is 0 Å². The van der Waals surface area contributed by atoms with E-state index in [2.05, 4.69) is 38.2 Å². The van der Waals surface area contributed by atoms with Crippen LogP contribution in [-0.2, 0) is 19.7 Å². The molecule has 0 spiro atoms. The number of carboxylic acid groups (broad SMARTS) is 2. The van der Waals surface area contributed by atoms with Gasteiger partial charge in [0.1, 0.15) is 0 Å². The Kier molecular flexibility index (Phi) is 30.2. The largest absolute Gasteiger partial charge is 0.481 e. The van der Waals surface area contributed by atoms with E-state index >= 15 is 0 Å². The van der Waals surface area contributed by atoms with Gasteiger partial charge in [-0.2, -0.15) is 8.42 Å². The maximum absolute atomic E-state index is 12.5. The van der Waals surface area contributed by atoms with Gasteiger partial charge in [-0.1, -0.05) is 167 Å². The maximum atomic E-state index is 12.5. The molecule has 2 atom stereocenters. The van der Waals surface area contributed by atoms with Gasteiger partial charge in [0.2, 0.25) is 4.75 Å². The Bertz CT molecular complexity index is 943. The number of unbranched alkanes of at least 4 members (excludes halogenated alkanes) is 24. The van der Waals surface area contributed by atoms with Crippen molar-refractivity contribution in [3.63, 3.8) is 0 Å². The Morgan fingerprint density at radius 1 is 0.521 bits per heavy atom. The zero-order valence-electron chi connectivity index (χ0n) is 31.0. The molecule has 0 aliphatic carbocycles. The van der Waals surface area contributed by atoms with Crippen LogP contribution in [0, 0.1) is 5.92 Å². The van der Waals surface area contributed by atoms with Crippen molar-refractivity contribution in [2.75, 3.05) is 0 Å². The van der Waals surface area contributed by atoms with E-state index in [0.717, 1.165) is 77.0 Å². The molecule has 0 aliphatic rings. The Labute approximate surface area is 295 Å². The van der Waals surface area contributed by atoms with Crippen molar-refractivity contribution in [1.82, 2.24) is 0 Å². The van der Waals surface area contributed by atoms with E-state index in [1.165, 1.54) is 77.0 Å². The molecule has 0 aliphatic heterocycles. The van der Waals surface area contributed by atoms with Gasteiger partial charge in [-0.15, -0.1) is 0 Å². The van der Waals surface area contributed by atoms with Gasteiger partial charge in [-0.3, -0.25) is 14.1 Å². The van der Waals surface area contributed by atoms with Crippen LogP contribution in [0.2, 0.25) is 0 Å². The third-order valence-corrected chi connectivity index (χ3v) is 11.3. The number of carboxylic acids is 2. The third-order valence-electron chi connectivity index (χ3n) is 9.75. The first-order valence-electron chi connectivity index (χ1n) is 19.9. The van der Waals surface area contributed by atoms with Crippen molar-refractivity contribution in [3.8, 4) is 0 Å². The number of rotatable bonds is 36. The third kappa shape index (κ3) is 22.9. The van der Waals surface area contributed by atoms with Crippen LogP contribution in [0.4, 0.5) is 0 Å². The van der Waals surface area contributed by atoms with Gasteiger partial charge in [0.05, 0.1) is 5.92 Å². The van der Waals surface area contributed by atoms with E-state index in [0.29, 0.717) is 19.3 Å². The molecule has 3 N–H and O–H groups in total. The SMILES string of the molecule is CCCCCCCCC=CCCCCCCCCC(C(=O)O)C(CCCCCCCCC=CCCCCCCCC)(C(=O)O)S(=O)(=O)O. The number of carbonyl (C=O) groups is 2. The van der Waals surface area contributed by atoms with Gasteiger partial charge in [0.15, 0.2) is 0 Å². The number of allylic oxidation sites excluding steroid dienone is 4. The normalized spacial score (nSPS) is 14.1. The van der Waals surface area contributed by atoms with Gasteiger partial charge in [0, 0.05) is 0 Å². The van der Waals surface area contributed by atoms with Gasteiger partial charge >= 0.3 is 11.9 Å². The van der Waals surface area contributed by atoms with Crippen molar-refractivity contribution in [1.29, 1.82) is 0 Å². The average Bonchev–Trinajstić information content (AvgIpc) is 3.03. The molecule has 0 radical (unpaired) electrons. The van der Waals surface area contributed by atoms with Gasteiger partial charge in [0.25, 0.3) is 10.1 Å². The van der Waals surface area contributed by atoms with Crippen molar-refractivity contribution in [2.45, 2.75) is 211 Å². The van der Waals surface area contributed by atoms with Crippen LogP contribution in [-0.4, -0.2) is 39.9 Å². The predicted molar refractivity (Wildman–Crippen MR) is 201 cm³/mol. The summed E-state index contributed by atoms with van der Waals surface area (Å²) in [5.41, 5.74) is 0. The molecule has 0 saturated heterocycles. The van der Waals surface area contributed by atoms with Gasteiger partial charge in [-0.05, 0) is 64.2 Å². The summed E-state index contributed by atoms with van der Waals surface area (Å²) in [6.07, 6.45) is 38.6. The van der Waals surface area contributed by atoms with Crippen LogP contribution < -0.4 is 0 Å². The van der Waals surface area contributed by atoms with E-state index < -0.39 is 39.1 Å². The lowest BCUT2D eigenvalue weighted by Gasteiger charge is -2.32. The molecule has 48 heavy (non-hydrogen) atoms. The second kappa shape index (κ2) is 31.3. The molecule has 0 aromatic rings. The standard InChI is InChI=1S/C40H74O7S/c1-3-5-7-9-11-13-15-17-19-21-23-25-27-29-31-33-35-37(38(41)42)40(39(43)44,48(45,46)47)36-34-32-30-28-26-24-22-20-18-16-14-12-10-8-6-4-2/h17-20,37H,3-16,21-36H2,1-2H3,(H,41,42)(H,43,44)(H,45,46,47). The maximum Gasteiger partial charge on any atom is 0.328 e. The highest BCUT2D eigenvalue weighted by Crippen LogP contribution is 2.37. The predicted octanol–water partition coefficient (Wildman–Crippen LogP) is 12.3. The number of aliphatic carboxylic acids is 2. The molecule has 8 heteroatoms. The fourth-order valence-corrected chi connectivity index (χ4v) is 7.84. The van der Waals surface area contributed by atoms with Crippen molar-refractivity contribution >= 4 is 22.1 Å². The Hall–Kier alpha value is -1.67. The molecule has 0 bridgehead atoms. The quantitative estimate of drug-likeness (QED) is 0.0337. The second-order valence-corrected chi connectivity index (χ2v) is 15.7. The van der Waals surface area contributed by atoms with Crippen LogP contribution >= 0.6 is 0 Å². The molecular formula is C40H74O7S. The summed E-state index contributed by atoms with van der Waals surface area (Å²) in [6.45, 7) is 4.47. The topological polar surface area (TPSA) is 129 Å². The summed E-state index contributed by atoms with van der Waals surface area (Å²) in [7, 11) is -5.16.